The van der Waals surface area contributed by atoms with Gasteiger partial charge in [0.1, 0.15) is 17.1 Å². The molecule has 4 nitrogen and oxygen atoms in total. The van der Waals surface area contributed by atoms with Crippen LogP contribution in [0.2, 0.25) is 0 Å². The fourth-order valence-electron chi connectivity index (χ4n) is 3.47. The third-order valence-electron chi connectivity index (χ3n) is 4.73. The van der Waals surface area contributed by atoms with Gasteiger partial charge in [-0.1, -0.05) is 24.3 Å². The number of rotatable bonds is 2. The second-order valence-electron chi connectivity index (χ2n) is 6.46. The number of benzene rings is 2. The Kier molecular flexibility index (Phi) is 3.34. The predicted octanol–water partition coefficient (Wildman–Crippen LogP) is 5.27. The molecule has 0 radical (unpaired) electrons. The van der Waals surface area contributed by atoms with Crippen molar-refractivity contribution in [3.63, 3.8) is 0 Å². The van der Waals surface area contributed by atoms with Crippen molar-refractivity contribution < 1.29 is 17.6 Å². The molecule has 2 aromatic carbocycles. The molecule has 0 unspecified atom stereocenters. The van der Waals surface area contributed by atoms with E-state index >= 15 is 0 Å². The second kappa shape index (κ2) is 5.64. The van der Waals surface area contributed by atoms with Crippen LogP contribution in [0, 0.1) is 0 Å². The summed E-state index contributed by atoms with van der Waals surface area (Å²) in [5.41, 5.74) is 2.02. The average Bonchev–Trinajstić information content (AvgIpc) is 3.35. The number of hydrogen-bond acceptors (Lipinski definition) is 3. The molecule has 1 aliphatic rings. The highest BCUT2D eigenvalue weighted by Gasteiger charge is 2.31. The molecule has 2 aromatic heterocycles. The van der Waals surface area contributed by atoms with E-state index in [9.17, 15) is 13.2 Å². The van der Waals surface area contributed by atoms with Crippen LogP contribution in [0.1, 0.15) is 11.1 Å². The van der Waals surface area contributed by atoms with Gasteiger partial charge in [0.25, 0.3) is 0 Å². The van der Waals surface area contributed by atoms with Gasteiger partial charge < -0.3 is 9.73 Å². The number of hydrogen-bond donors (Lipinski definition) is 1. The summed E-state index contributed by atoms with van der Waals surface area (Å²) in [5, 5.41) is 8.77. The van der Waals surface area contributed by atoms with E-state index in [4.69, 9.17) is 4.42 Å². The van der Waals surface area contributed by atoms with E-state index in [1.807, 2.05) is 30.3 Å². The number of alkyl halides is 3. The molecule has 4 aromatic rings. The minimum atomic E-state index is -4.40. The summed E-state index contributed by atoms with van der Waals surface area (Å²) in [5.74, 6) is 1.33. The van der Waals surface area contributed by atoms with Crippen molar-refractivity contribution in [2.24, 2.45) is 0 Å². The van der Waals surface area contributed by atoms with E-state index < -0.39 is 11.7 Å². The molecule has 0 spiro atoms. The lowest BCUT2D eigenvalue weighted by molar-refractivity contribution is -0.137. The molecule has 7 heteroatoms. The van der Waals surface area contributed by atoms with Crippen LogP contribution in [0.25, 0.3) is 28.1 Å². The van der Waals surface area contributed by atoms with Crippen LogP contribution < -0.4 is 5.32 Å². The third kappa shape index (κ3) is 2.58. The molecule has 0 saturated carbocycles. The molecule has 27 heavy (non-hydrogen) atoms. The number of halogens is 3. The standard InChI is InChI=1S/C20H14F3N3O/c21-20(22,23)13-5-3-6-14(11-13)26-19-15(8-9-24-19)18(25-26)17-10-12-4-1-2-7-16(12)27-17/h1-7,10-11,24H,8-9H2. The van der Waals surface area contributed by atoms with E-state index in [-0.39, 0.29) is 0 Å². The highest BCUT2D eigenvalue weighted by atomic mass is 19.4. The molecule has 0 fully saturated rings. The molecular formula is C20H14F3N3O. The summed E-state index contributed by atoms with van der Waals surface area (Å²) >= 11 is 0. The monoisotopic (exact) mass is 369 g/mol. The highest BCUT2D eigenvalue weighted by molar-refractivity contribution is 5.83. The predicted molar refractivity (Wildman–Crippen MR) is 96.0 cm³/mol. The van der Waals surface area contributed by atoms with Crippen LogP contribution >= 0.6 is 0 Å². The van der Waals surface area contributed by atoms with Crippen LogP contribution in [-0.4, -0.2) is 16.3 Å². The van der Waals surface area contributed by atoms with Crippen LogP contribution in [0.4, 0.5) is 19.0 Å². The number of furan rings is 1. The Balaban J connectivity index is 1.67. The van der Waals surface area contributed by atoms with E-state index in [2.05, 4.69) is 10.4 Å². The van der Waals surface area contributed by atoms with Gasteiger partial charge >= 0.3 is 6.18 Å². The zero-order chi connectivity index (χ0) is 18.6. The molecule has 136 valence electrons. The van der Waals surface area contributed by atoms with E-state index in [1.165, 1.54) is 10.7 Å². The molecule has 0 saturated heterocycles. The topological polar surface area (TPSA) is 43.0 Å². The Morgan fingerprint density at radius 1 is 1.04 bits per heavy atom. The number of anilines is 1. The molecular weight excluding hydrogens is 355 g/mol. The minimum Gasteiger partial charge on any atom is -0.454 e. The summed E-state index contributed by atoms with van der Waals surface area (Å²) in [7, 11) is 0. The van der Waals surface area contributed by atoms with Crippen molar-refractivity contribution in [3.8, 4) is 17.1 Å². The quantitative estimate of drug-likeness (QED) is 0.523. The van der Waals surface area contributed by atoms with E-state index in [0.717, 1.165) is 35.1 Å². The van der Waals surface area contributed by atoms with Crippen LogP contribution in [0.5, 0.6) is 0 Å². The molecule has 1 aliphatic heterocycles. The SMILES string of the molecule is FC(F)(F)c1cccc(-n2nc(-c3cc4ccccc4o3)c3c2NCC3)c1. The van der Waals surface area contributed by atoms with E-state index in [0.29, 0.717) is 29.5 Å². The van der Waals surface area contributed by atoms with Crippen molar-refractivity contribution in [2.75, 3.05) is 11.9 Å². The zero-order valence-electron chi connectivity index (χ0n) is 14.0. The van der Waals surface area contributed by atoms with Crippen molar-refractivity contribution in [2.45, 2.75) is 12.6 Å². The number of aromatic nitrogens is 2. The van der Waals surface area contributed by atoms with Gasteiger partial charge in [0.05, 0.1) is 11.3 Å². The first-order chi connectivity index (χ1) is 13.0. The Morgan fingerprint density at radius 3 is 2.70 bits per heavy atom. The minimum absolute atomic E-state index is 0.359. The number of nitrogens with zero attached hydrogens (tertiary/aromatic N) is 2. The fraction of sp³-hybridized carbons (Fsp3) is 0.150. The number of fused-ring (bicyclic) bond motifs is 2. The van der Waals surface area contributed by atoms with E-state index in [1.54, 1.807) is 6.07 Å². The largest absolute Gasteiger partial charge is 0.454 e. The van der Waals surface area contributed by atoms with Gasteiger partial charge in [-0.05, 0) is 36.8 Å². The van der Waals surface area contributed by atoms with Crippen molar-refractivity contribution in [3.05, 3.63) is 65.7 Å². The maximum Gasteiger partial charge on any atom is 0.416 e. The summed E-state index contributed by atoms with van der Waals surface area (Å²) in [4.78, 5) is 0. The lowest BCUT2D eigenvalue weighted by Gasteiger charge is -2.10. The average molecular weight is 369 g/mol. The van der Waals surface area contributed by atoms with Crippen molar-refractivity contribution in [1.82, 2.24) is 9.78 Å². The zero-order valence-corrected chi connectivity index (χ0v) is 14.0. The Bertz CT molecular complexity index is 1120. The van der Waals surface area contributed by atoms with Crippen molar-refractivity contribution in [1.29, 1.82) is 0 Å². The molecule has 1 N–H and O–H groups in total. The molecule has 0 amide bonds. The van der Waals surface area contributed by atoms with Crippen molar-refractivity contribution >= 4 is 16.8 Å². The van der Waals surface area contributed by atoms with Gasteiger partial charge in [0, 0.05) is 17.5 Å². The lowest BCUT2D eigenvalue weighted by Crippen LogP contribution is -2.08. The number of nitrogens with one attached hydrogen (secondary N) is 1. The molecule has 0 aliphatic carbocycles. The highest BCUT2D eigenvalue weighted by Crippen LogP contribution is 2.38. The Labute approximate surface area is 152 Å². The normalized spacial score (nSPS) is 13.7. The Hall–Kier alpha value is -3.22. The van der Waals surface area contributed by atoms with Gasteiger partial charge in [-0.25, -0.2) is 4.68 Å². The number of para-hydroxylation sites is 1. The third-order valence-corrected chi connectivity index (χ3v) is 4.73. The molecule has 5 rings (SSSR count). The van der Waals surface area contributed by atoms with Crippen LogP contribution in [-0.2, 0) is 12.6 Å². The van der Waals surface area contributed by atoms with Crippen LogP contribution in [0.15, 0.2) is 59.0 Å². The fourth-order valence-corrected chi connectivity index (χ4v) is 3.47. The maximum atomic E-state index is 13.1. The summed E-state index contributed by atoms with van der Waals surface area (Å²) < 4.78 is 46.7. The second-order valence-corrected chi connectivity index (χ2v) is 6.46. The first-order valence-corrected chi connectivity index (χ1v) is 8.53. The molecule has 0 bridgehead atoms. The van der Waals surface area contributed by atoms with Gasteiger partial charge in [-0.3, -0.25) is 0 Å². The summed E-state index contributed by atoms with van der Waals surface area (Å²) in [6, 6.07) is 14.7. The molecule has 3 heterocycles. The van der Waals surface area contributed by atoms with Gasteiger partial charge in [0.15, 0.2) is 5.76 Å². The molecule has 0 atom stereocenters. The Morgan fingerprint density at radius 2 is 1.89 bits per heavy atom. The lowest BCUT2D eigenvalue weighted by atomic mass is 10.1. The first-order valence-electron chi connectivity index (χ1n) is 8.53. The maximum absolute atomic E-state index is 13.1. The summed E-state index contributed by atoms with van der Waals surface area (Å²) in [6.07, 6.45) is -3.66. The van der Waals surface area contributed by atoms with Gasteiger partial charge in [-0.15, -0.1) is 0 Å². The van der Waals surface area contributed by atoms with Crippen LogP contribution in [0.3, 0.4) is 0 Å². The smallest absolute Gasteiger partial charge is 0.416 e. The van der Waals surface area contributed by atoms with Gasteiger partial charge in [-0.2, -0.15) is 18.3 Å². The summed E-state index contributed by atoms with van der Waals surface area (Å²) in [6.45, 7) is 0.708. The van der Waals surface area contributed by atoms with Gasteiger partial charge in [0.2, 0.25) is 0 Å². The first kappa shape index (κ1) is 16.0.